The first-order valence-electron chi connectivity index (χ1n) is 6.13. The summed E-state index contributed by atoms with van der Waals surface area (Å²) in [5.41, 5.74) is -5.33. The molecular formula is C12H17F3N2O3S. The van der Waals surface area contributed by atoms with Gasteiger partial charge in [0.1, 0.15) is 0 Å². The summed E-state index contributed by atoms with van der Waals surface area (Å²) in [4.78, 5) is 0. The molecule has 0 spiro atoms. The average molecular weight is 326 g/mol. The molecule has 0 saturated heterocycles. The van der Waals surface area contributed by atoms with Crippen LogP contribution in [0.15, 0.2) is 24.3 Å². The fraction of sp³-hybridized carbons (Fsp3) is 0.500. The summed E-state index contributed by atoms with van der Waals surface area (Å²) >= 11 is 0. The first kappa shape index (κ1) is 17.7. The third kappa shape index (κ3) is 5.18. The van der Waals surface area contributed by atoms with Crippen LogP contribution in [0.1, 0.15) is 25.5 Å². The predicted octanol–water partition coefficient (Wildman–Crippen LogP) is 1.98. The van der Waals surface area contributed by atoms with Crippen molar-refractivity contribution >= 4 is 15.7 Å². The Bertz CT molecular complexity index is 573. The summed E-state index contributed by atoms with van der Waals surface area (Å²) in [7, 11) is -5.47. The van der Waals surface area contributed by atoms with Crippen LogP contribution < -0.4 is 10.0 Å². The van der Waals surface area contributed by atoms with Gasteiger partial charge in [0.05, 0.1) is 6.10 Å². The molecule has 0 aliphatic heterocycles. The van der Waals surface area contributed by atoms with Crippen LogP contribution in [0.5, 0.6) is 0 Å². The lowest BCUT2D eigenvalue weighted by molar-refractivity contribution is -0.0429. The molecule has 0 aliphatic carbocycles. The number of aliphatic hydroxyl groups is 1. The van der Waals surface area contributed by atoms with Gasteiger partial charge in [-0.3, -0.25) is 4.72 Å². The molecule has 0 amide bonds. The van der Waals surface area contributed by atoms with Crippen LogP contribution in [0.4, 0.5) is 18.9 Å². The molecular weight excluding hydrogens is 309 g/mol. The van der Waals surface area contributed by atoms with Crippen LogP contribution in [-0.2, 0) is 10.0 Å². The van der Waals surface area contributed by atoms with Gasteiger partial charge in [0, 0.05) is 18.3 Å². The van der Waals surface area contributed by atoms with Crippen LogP contribution in [0.25, 0.3) is 0 Å². The van der Waals surface area contributed by atoms with Gasteiger partial charge in [0.25, 0.3) is 0 Å². The Morgan fingerprint density at radius 3 is 2.43 bits per heavy atom. The predicted molar refractivity (Wildman–Crippen MR) is 73.1 cm³/mol. The Morgan fingerprint density at radius 2 is 1.90 bits per heavy atom. The van der Waals surface area contributed by atoms with E-state index in [-0.39, 0.29) is 18.3 Å². The second kappa shape index (κ2) is 6.63. The second-order valence-electron chi connectivity index (χ2n) is 4.76. The molecule has 1 unspecified atom stereocenters. The minimum Gasteiger partial charge on any atom is -0.387 e. The van der Waals surface area contributed by atoms with E-state index in [0.29, 0.717) is 5.56 Å². The van der Waals surface area contributed by atoms with Crippen molar-refractivity contribution in [2.24, 2.45) is 0 Å². The quantitative estimate of drug-likeness (QED) is 0.747. The Morgan fingerprint density at radius 1 is 1.29 bits per heavy atom. The molecule has 21 heavy (non-hydrogen) atoms. The van der Waals surface area contributed by atoms with Gasteiger partial charge in [-0.05, 0) is 17.7 Å². The SMILES string of the molecule is CC(C)NCC(O)c1cccc(NS(=O)(=O)C(F)(F)F)c1. The van der Waals surface area contributed by atoms with E-state index in [4.69, 9.17) is 0 Å². The molecule has 0 heterocycles. The largest absolute Gasteiger partial charge is 0.516 e. The van der Waals surface area contributed by atoms with Crippen LogP contribution in [0, 0.1) is 0 Å². The molecule has 3 N–H and O–H groups in total. The molecule has 9 heteroatoms. The van der Waals surface area contributed by atoms with Gasteiger partial charge >= 0.3 is 15.5 Å². The van der Waals surface area contributed by atoms with E-state index < -0.39 is 21.6 Å². The zero-order chi connectivity index (χ0) is 16.3. The summed E-state index contributed by atoms with van der Waals surface area (Å²) in [6.45, 7) is 3.95. The smallest absolute Gasteiger partial charge is 0.387 e. The van der Waals surface area contributed by atoms with Crippen molar-refractivity contribution in [3.63, 3.8) is 0 Å². The monoisotopic (exact) mass is 326 g/mol. The normalized spacial score (nSPS) is 14.2. The number of halogens is 3. The van der Waals surface area contributed by atoms with Crippen molar-refractivity contribution in [2.75, 3.05) is 11.3 Å². The van der Waals surface area contributed by atoms with E-state index >= 15 is 0 Å². The van der Waals surface area contributed by atoms with Crippen LogP contribution in [0.2, 0.25) is 0 Å². The lowest BCUT2D eigenvalue weighted by atomic mass is 10.1. The number of nitrogens with one attached hydrogen (secondary N) is 2. The molecule has 1 rings (SSSR count). The number of anilines is 1. The van der Waals surface area contributed by atoms with E-state index in [0.717, 1.165) is 6.07 Å². The van der Waals surface area contributed by atoms with Gasteiger partial charge in [0.15, 0.2) is 0 Å². The first-order valence-corrected chi connectivity index (χ1v) is 7.62. The standard InChI is InChI=1S/C12H17F3N2O3S/c1-8(2)16-7-11(18)9-4-3-5-10(6-9)17-21(19,20)12(13,14)15/h3-6,8,11,16-18H,7H2,1-2H3. The fourth-order valence-electron chi connectivity index (χ4n) is 1.49. The van der Waals surface area contributed by atoms with Gasteiger partial charge in [-0.25, -0.2) is 0 Å². The number of alkyl halides is 3. The summed E-state index contributed by atoms with van der Waals surface area (Å²) in [6.07, 6.45) is -0.956. The van der Waals surface area contributed by atoms with E-state index in [1.54, 1.807) is 0 Å². The Hall–Kier alpha value is -1.32. The molecule has 120 valence electrons. The lowest BCUT2D eigenvalue weighted by Gasteiger charge is -2.16. The molecule has 0 aromatic heterocycles. The molecule has 0 bridgehead atoms. The van der Waals surface area contributed by atoms with Crippen molar-refractivity contribution in [3.05, 3.63) is 29.8 Å². The number of rotatable bonds is 6. The third-order valence-corrected chi connectivity index (χ3v) is 3.66. The Balaban J connectivity index is 2.87. The highest BCUT2D eigenvalue weighted by Gasteiger charge is 2.46. The summed E-state index contributed by atoms with van der Waals surface area (Å²) in [5.74, 6) is 0. The van der Waals surface area contributed by atoms with Gasteiger partial charge in [-0.1, -0.05) is 26.0 Å². The molecule has 0 saturated carbocycles. The summed E-state index contributed by atoms with van der Waals surface area (Å²) in [6, 6.07) is 5.33. The van der Waals surface area contributed by atoms with Crippen molar-refractivity contribution in [1.29, 1.82) is 0 Å². The second-order valence-corrected chi connectivity index (χ2v) is 6.43. The minimum atomic E-state index is -5.47. The van der Waals surface area contributed by atoms with Crippen molar-refractivity contribution in [3.8, 4) is 0 Å². The molecule has 0 radical (unpaired) electrons. The average Bonchev–Trinajstić information content (AvgIpc) is 2.34. The number of hydrogen-bond acceptors (Lipinski definition) is 4. The van der Waals surface area contributed by atoms with E-state index in [1.165, 1.54) is 22.9 Å². The lowest BCUT2D eigenvalue weighted by Crippen LogP contribution is -2.30. The fourth-order valence-corrected chi connectivity index (χ4v) is 2.04. The van der Waals surface area contributed by atoms with Gasteiger partial charge < -0.3 is 10.4 Å². The van der Waals surface area contributed by atoms with Crippen molar-refractivity contribution in [2.45, 2.75) is 31.5 Å². The topological polar surface area (TPSA) is 78.4 Å². The highest BCUT2D eigenvalue weighted by molar-refractivity contribution is 7.93. The number of sulfonamides is 1. The molecule has 5 nitrogen and oxygen atoms in total. The number of hydrogen-bond donors (Lipinski definition) is 3. The van der Waals surface area contributed by atoms with E-state index in [2.05, 4.69) is 5.32 Å². The minimum absolute atomic E-state index is 0.131. The maximum atomic E-state index is 12.3. The number of benzene rings is 1. The van der Waals surface area contributed by atoms with Crippen molar-refractivity contribution in [1.82, 2.24) is 5.32 Å². The van der Waals surface area contributed by atoms with Gasteiger partial charge in [-0.2, -0.15) is 21.6 Å². The molecule has 1 aromatic carbocycles. The third-order valence-electron chi connectivity index (χ3n) is 2.55. The summed E-state index contributed by atoms with van der Waals surface area (Å²) in [5, 5.41) is 12.9. The highest BCUT2D eigenvalue weighted by atomic mass is 32.2. The maximum Gasteiger partial charge on any atom is 0.516 e. The molecule has 0 aliphatic rings. The zero-order valence-electron chi connectivity index (χ0n) is 11.5. The Kier molecular flexibility index (Phi) is 5.60. The van der Waals surface area contributed by atoms with Crippen LogP contribution in [-0.4, -0.2) is 31.6 Å². The highest BCUT2D eigenvalue weighted by Crippen LogP contribution is 2.26. The molecule has 0 fully saturated rings. The van der Waals surface area contributed by atoms with Gasteiger partial charge in [0.2, 0.25) is 0 Å². The van der Waals surface area contributed by atoms with Gasteiger partial charge in [-0.15, -0.1) is 0 Å². The maximum absolute atomic E-state index is 12.3. The Labute approximate surface area is 121 Å². The van der Waals surface area contributed by atoms with E-state index in [1.807, 2.05) is 13.8 Å². The van der Waals surface area contributed by atoms with Crippen LogP contribution >= 0.6 is 0 Å². The summed E-state index contributed by atoms with van der Waals surface area (Å²) < 4.78 is 60.3. The van der Waals surface area contributed by atoms with E-state index in [9.17, 15) is 26.7 Å². The number of aliphatic hydroxyl groups excluding tert-OH is 1. The molecule has 1 atom stereocenters. The first-order chi connectivity index (χ1) is 9.53. The van der Waals surface area contributed by atoms with Crippen LogP contribution in [0.3, 0.4) is 0 Å². The van der Waals surface area contributed by atoms with Crippen molar-refractivity contribution < 1.29 is 26.7 Å². The zero-order valence-corrected chi connectivity index (χ0v) is 12.3. The molecule has 1 aromatic rings.